The largest absolute Gasteiger partial charge is 0.334 e. The van der Waals surface area contributed by atoms with Crippen LogP contribution in [0.15, 0.2) is 42.7 Å². The molecule has 1 aromatic carbocycles. The first-order valence-corrected chi connectivity index (χ1v) is 8.28. The number of carbonyl (C=O) groups is 2. The van der Waals surface area contributed by atoms with Crippen LogP contribution in [0.1, 0.15) is 25.3 Å². The highest BCUT2D eigenvalue weighted by molar-refractivity contribution is 6.39. The molecule has 1 fully saturated rings. The third kappa shape index (κ3) is 4.01. The lowest BCUT2D eigenvalue weighted by Gasteiger charge is -2.29. The number of aromatic nitrogens is 2. The zero-order valence-corrected chi connectivity index (χ0v) is 13.8. The van der Waals surface area contributed by atoms with Gasteiger partial charge in [-0.05, 0) is 42.5 Å². The SMILES string of the molecule is CC1CCN(C(=O)C(=O)Nc2cccc(Cn3cccn3)c2)CC1. The van der Waals surface area contributed by atoms with Gasteiger partial charge in [0.25, 0.3) is 0 Å². The van der Waals surface area contributed by atoms with Crippen LogP contribution in [0.2, 0.25) is 0 Å². The normalized spacial score (nSPS) is 15.3. The van der Waals surface area contributed by atoms with Crippen molar-refractivity contribution < 1.29 is 9.59 Å². The maximum atomic E-state index is 12.3. The van der Waals surface area contributed by atoms with Gasteiger partial charge in [0.15, 0.2) is 0 Å². The summed E-state index contributed by atoms with van der Waals surface area (Å²) in [4.78, 5) is 26.1. The maximum absolute atomic E-state index is 12.3. The number of benzene rings is 1. The van der Waals surface area contributed by atoms with Crippen molar-refractivity contribution in [3.05, 3.63) is 48.3 Å². The second kappa shape index (κ2) is 7.29. The lowest BCUT2D eigenvalue weighted by Crippen LogP contribution is -2.43. The van der Waals surface area contributed by atoms with Crippen molar-refractivity contribution in [3.8, 4) is 0 Å². The monoisotopic (exact) mass is 326 g/mol. The van der Waals surface area contributed by atoms with Gasteiger partial charge in [0.05, 0.1) is 6.54 Å². The van der Waals surface area contributed by atoms with E-state index in [1.54, 1.807) is 21.8 Å². The fraction of sp³-hybridized carbons (Fsp3) is 0.389. The van der Waals surface area contributed by atoms with E-state index < -0.39 is 11.8 Å². The highest BCUT2D eigenvalue weighted by Crippen LogP contribution is 2.17. The molecular formula is C18H22N4O2. The number of amides is 2. The van der Waals surface area contributed by atoms with E-state index in [4.69, 9.17) is 0 Å². The minimum atomic E-state index is -0.569. The predicted molar refractivity (Wildman–Crippen MR) is 91.4 cm³/mol. The quantitative estimate of drug-likeness (QED) is 0.879. The molecule has 2 aromatic rings. The highest BCUT2D eigenvalue weighted by atomic mass is 16.2. The molecule has 126 valence electrons. The topological polar surface area (TPSA) is 67.2 Å². The number of nitrogens with zero attached hydrogens (tertiary/aromatic N) is 3. The average Bonchev–Trinajstić information content (AvgIpc) is 3.08. The highest BCUT2D eigenvalue weighted by Gasteiger charge is 2.25. The Bertz CT molecular complexity index is 704. The molecule has 2 amide bonds. The van der Waals surface area contributed by atoms with E-state index >= 15 is 0 Å². The molecule has 1 aliphatic heterocycles. The van der Waals surface area contributed by atoms with Gasteiger partial charge < -0.3 is 10.2 Å². The number of nitrogens with one attached hydrogen (secondary N) is 1. The number of anilines is 1. The fourth-order valence-electron chi connectivity index (χ4n) is 2.87. The smallest absolute Gasteiger partial charge is 0.313 e. The summed E-state index contributed by atoms with van der Waals surface area (Å²) in [5.41, 5.74) is 1.64. The summed E-state index contributed by atoms with van der Waals surface area (Å²) in [6.07, 6.45) is 5.52. The van der Waals surface area contributed by atoms with E-state index in [0.29, 0.717) is 31.2 Å². The molecule has 6 nitrogen and oxygen atoms in total. The molecule has 0 spiro atoms. The second-order valence-corrected chi connectivity index (χ2v) is 6.33. The molecule has 1 aliphatic rings. The summed E-state index contributed by atoms with van der Waals surface area (Å²) in [7, 11) is 0. The van der Waals surface area contributed by atoms with E-state index in [0.717, 1.165) is 18.4 Å². The molecule has 0 atom stereocenters. The average molecular weight is 326 g/mol. The third-order valence-electron chi connectivity index (χ3n) is 4.35. The minimum absolute atomic E-state index is 0.445. The van der Waals surface area contributed by atoms with E-state index in [9.17, 15) is 9.59 Å². The maximum Gasteiger partial charge on any atom is 0.313 e. The summed E-state index contributed by atoms with van der Waals surface area (Å²) < 4.78 is 1.81. The van der Waals surface area contributed by atoms with Crippen LogP contribution < -0.4 is 5.32 Å². The molecule has 0 bridgehead atoms. The molecule has 1 saturated heterocycles. The molecule has 3 rings (SSSR count). The molecule has 1 aromatic heterocycles. The first-order chi connectivity index (χ1) is 11.6. The number of hydrogen-bond acceptors (Lipinski definition) is 3. The molecule has 0 saturated carbocycles. The number of likely N-dealkylation sites (tertiary alicyclic amines) is 1. The van der Waals surface area contributed by atoms with E-state index in [1.807, 2.05) is 30.5 Å². The summed E-state index contributed by atoms with van der Waals surface area (Å²) in [6.45, 7) is 4.11. The Morgan fingerprint density at radius 3 is 2.75 bits per heavy atom. The van der Waals surface area contributed by atoms with Crippen LogP contribution in [-0.2, 0) is 16.1 Å². The van der Waals surface area contributed by atoms with Crippen molar-refractivity contribution in [1.82, 2.24) is 14.7 Å². The molecule has 0 aliphatic carbocycles. The second-order valence-electron chi connectivity index (χ2n) is 6.33. The Morgan fingerprint density at radius 2 is 2.04 bits per heavy atom. The Hall–Kier alpha value is -2.63. The molecular weight excluding hydrogens is 304 g/mol. The molecule has 1 N–H and O–H groups in total. The zero-order chi connectivity index (χ0) is 16.9. The third-order valence-corrected chi connectivity index (χ3v) is 4.35. The molecule has 2 heterocycles. The van der Waals surface area contributed by atoms with Gasteiger partial charge in [0.1, 0.15) is 0 Å². The number of hydrogen-bond donors (Lipinski definition) is 1. The molecule has 0 radical (unpaired) electrons. The minimum Gasteiger partial charge on any atom is -0.334 e. The van der Waals surface area contributed by atoms with Gasteiger partial charge in [-0.2, -0.15) is 5.10 Å². The van der Waals surface area contributed by atoms with Gasteiger partial charge in [0, 0.05) is 31.2 Å². The van der Waals surface area contributed by atoms with Crippen LogP contribution in [0.5, 0.6) is 0 Å². The first kappa shape index (κ1) is 16.2. The Morgan fingerprint density at radius 1 is 1.25 bits per heavy atom. The van der Waals surface area contributed by atoms with Crippen molar-refractivity contribution in [3.63, 3.8) is 0 Å². The lowest BCUT2D eigenvalue weighted by atomic mass is 9.99. The fourth-order valence-corrected chi connectivity index (χ4v) is 2.87. The Labute approximate surface area is 141 Å². The predicted octanol–water partition coefficient (Wildman–Crippen LogP) is 2.13. The first-order valence-electron chi connectivity index (χ1n) is 8.28. The van der Waals surface area contributed by atoms with Crippen LogP contribution in [0.25, 0.3) is 0 Å². The Balaban J connectivity index is 1.60. The molecule has 24 heavy (non-hydrogen) atoms. The van der Waals surface area contributed by atoms with Gasteiger partial charge in [-0.3, -0.25) is 14.3 Å². The summed E-state index contributed by atoms with van der Waals surface area (Å²) in [5.74, 6) is -0.392. The standard InChI is InChI=1S/C18H22N4O2/c1-14-6-10-21(11-7-14)18(24)17(23)20-16-5-2-4-15(12-16)13-22-9-3-8-19-22/h2-5,8-9,12,14H,6-7,10-11,13H2,1H3,(H,20,23). The summed E-state index contributed by atoms with van der Waals surface area (Å²) in [6, 6.07) is 9.34. The van der Waals surface area contributed by atoms with Crippen LogP contribution in [0.4, 0.5) is 5.69 Å². The number of piperidine rings is 1. The number of carbonyl (C=O) groups excluding carboxylic acids is 2. The van der Waals surface area contributed by atoms with Gasteiger partial charge in [-0.15, -0.1) is 0 Å². The van der Waals surface area contributed by atoms with Crippen LogP contribution in [0.3, 0.4) is 0 Å². The van der Waals surface area contributed by atoms with Crippen LogP contribution in [-0.4, -0.2) is 39.6 Å². The van der Waals surface area contributed by atoms with Gasteiger partial charge in [-0.25, -0.2) is 0 Å². The Kier molecular flexibility index (Phi) is 4.93. The molecule has 0 unspecified atom stereocenters. The molecule has 6 heteroatoms. The van der Waals surface area contributed by atoms with Crippen molar-refractivity contribution in [1.29, 1.82) is 0 Å². The van der Waals surface area contributed by atoms with Crippen LogP contribution in [0, 0.1) is 5.92 Å². The van der Waals surface area contributed by atoms with E-state index in [2.05, 4.69) is 17.3 Å². The number of rotatable bonds is 3. The van der Waals surface area contributed by atoms with Gasteiger partial charge >= 0.3 is 11.8 Å². The van der Waals surface area contributed by atoms with E-state index in [-0.39, 0.29) is 0 Å². The van der Waals surface area contributed by atoms with Crippen molar-refractivity contribution in [2.45, 2.75) is 26.3 Å². The van der Waals surface area contributed by atoms with Crippen molar-refractivity contribution >= 4 is 17.5 Å². The zero-order valence-electron chi connectivity index (χ0n) is 13.8. The van der Waals surface area contributed by atoms with Crippen LogP contribution >= 0.6 is 0 Å². The lowest BCUT2D eigenvalue weighted by molar-refractivity contribution is -0.144. The summed E-state index contributed by atoms with van der Waals surface area (Å²) >= 11 is 0. The van der Waals surface area contributed by atoms with Crippen molar-refractivity contribution in [2.24, 2.45) is 5.92 Å². The van der Waals surface area contributed by atoms with Gasteiger partial charge in [-0.1, -0.05) is 19.1 Å². The van der Waals surface area contributed by atoms with E-state index in [1.165, 1.54) is 0 Å². The van der Waals surface area contributed by atoms with Gasteiger partial charge in [0.2, 0.25) is 0 Å². The summed E-state index contributed by atoms with van der Waals surface area (Å²) in [5, 5.41) is 6.88. The van der Waals surface area contributed by atoms with Crippen molar-refractivity contribution in [2.75, 3.05) is 18.4 Å².